The number of carbonyl (C=O) groups is 1. The van der Waals surface area contributed by atoms with Crippen molar-refractivity contribution in [2.45, 2.75) is 83.4 Å². The zero-order valence-corrected chi connectivity index (χ0v) is 24.7. The lowest BCUT2D eigenvalue weighted by Gasteiger charge is -2.43. The SMILES string of the molecule is CC(C)OC(=O)N1c2ccc(C(F)(F)F)cc2[C@@H](N(Cc2cc(C(F)(F)F)cc(C(F)(F)F)c2)c2nnn(CCCN)n2)C[C@H]1C. The summed E-state index contributed by atoms with van der Waals surface area (Å²) in [4.78, 5) is 16.5. The molecule has 2 heterocycles. The molecule has 0 saturated heterocycles. The topological polar surface area (TPSA) is 102 Å². The van der Waals surface area contributed by atoms with Crippen LogP contribution in [0, 0.1) is 0 Å². The van der Waals surface area contributed by atoms with Crippen molar-refractivity contribution in [1.29, 1.82) is 0 Å². The van der Waals surface area contributed by atoms with Crippen LogP contribution >= 0.6 is 0 Å². The van der Waals surface area contributed by atoms with Crippen molar-refractivity contribution in [3.63, 3.8) is 0 Å². The summed E-state index contributed by atoms with van der Waals surface area (Å²) in [5.74, 6) is -0.276. The molecule has 1 aliphatic heterocycles. The Morgan fingerprint density at radius 2 is 1.59 bits per heavy atom. The molecule has 2 N–H and O–H groups in total. The first kappa shape index (κ1) is 34.8. The summed E-state index contributed by atoms with van der Waals surface area (Å²) >= 11 is 0. The standard InChI is InChI=1S/C28H30F9N7O2/c1-15(2)46-25(45)44-16(3)9-23(21-13-18(26(29,30)31)5-6-22(21)44)42(24-39-41-43(40-24)8-4-7-38)14-17-10-19(27(32,33)34)12-20(11-17)28(35,36)37/h5-6,10-13,15-16,23H,4,7-9,14,38H2,1-3H3/t16-,23+/m1/s1. The molecule has 1 aliphatic rings. The van der Waals surface area contributed by atoms with E-state index in [-0.39, 0.29) is 42.8 Å². The van der Waals surface area contributed by atoms with Crippen LogP contribution < -0.4 is 15.5 Å². The Morgan fingerprint density at radius 1 is 0.978 bits per heavy atom. The van der Waals surface area contributed by atoms with E-state index in [2.05, 4.69) is 15.4 Å². The van der Waals surface area contributed by atoms with Gasteiger partial charge in [-0.1, -0.05) is 5.10 Å². The van der Waals surface area contributed by atoms with Gasteiger partial charge in [0.2, 0.25) is 0 Å². The van der Waals surface area contributed by atoms with E-state index in [1.54, 1.807) is 20.8 Å². The molecule has 0 saturated carbocycles. The van der Waals surface area contributed by atoms with Crippen molar-refractivity contribution in [2.75, 3.05) is 16.3 Å². The number of nitrogens with two attached hydrogens (primary N) is 1. The van der Waals surface area contributed by atoms with Crippen molar-refractivity contribution in [3.8, 4) is 0 Å². The predicted molar refractivity (Wildman–Crippen MR) is 146 cm³/mol. The number of ether oxygens (including phenoxy) is 1. The molecule has 2 aromatic carbocycles. The number of rotatable bonds is 8. The molecule has 4 rings (SSSR count). The van der Waals surface area contributed by atoms with Crippen LogP contribution in [0.15, 0.2) is 36.4 Å². The van der Waals surface area contributed by atoms with Gasteiger partial charge < -0.3 is 15.4 Å². The lowest BCUT2D eigenvalue weighted by Crippen LogP contribution is -2.47. The van der Waals surface area contributed by atoms with E-state index in [0.29, 0.717) is 18.6 Å². The molecule has 18 heteroatoms. The van der Waals surface area contributed by atoms with E-state index in [1.165, 1.54) is 4.90 Å². The second-order valence-corrected chi connectivity index (χ2v) is 11.0. The normalized spacial score (nSPS) is 17.3. The van der Waals surface area contributed by atoms with Crippen LogP contribution in [-0.4, -0.2) is 45.0 Å². The van der Waals surface area contributed by atoms with Gasteiger partial charge in [0, 0.05) is 12.6 Å². The van der Waals surface area contributed by atoms with E-state index in [0.717, 1.165) is 27.9 Å². The number of fused-ring (bicyclic) bond motifs is 1. The number of tetrazole rings is 1. The van der Waals surface area contributed by atoms with Gasteiger partial charge in [-0.2, -0.15) is 44.3 Å². The second-order valence-electron chi connectivity index (χ2n) is 11.0. The van der Waals surface area contributed by atoms with Gasteiger partial charge >= 0.3 is 24.6 Å². The van der Waals surface area contributed by atoms with Crippen LogP contribution in [0.25, 0.3) is 0 Å². The Bertz CT molecular complexity index is 1500. The summed E-state index contributed by atoms with van der Waals surface area (Å²) < 4.78 is 129. The number of hydrogen-bond donors (Lipinski definition) is 1. The highest BCUT2D eigenvalue weighted by Crippen LogP contribution is 2.45. The van der Waals surface area contributed by atoms with Gasteiger partial charge in [0.25, 0.3) is 5.95 Å². The summed E-state index contributed by atoms with van der Waals surface area (Å²) in [6, 6.07) is 1.69. The van der Waals surface area contributed by atoms with E-state index in [1.807, 2.05) is 0 Å². The van der Waals surface area contributed by atoms with E-state index in [9.17, 15) is 44.3 Å². The molecule has 0 bridgehead atoms. The maximum Gasteiger partial charge on any atom is 0.416 e. The van der Waals surface area contributed by atoms with Gasteiger partial charge in [0.05, 0.1) is 41.1 Å². The number of halogens is 9. The van der Waals surface area contributed by atoms with Gasteiger partial charge in [-0.25, -0.2) is 4.79 Å². The minimum atomic E-state index is -5.14. The molecule has 46 heavy (non-hydrogen) atoms. The molecule has 1 aromatic heterocycles. The first-order valence-electron chi connectivity index (χ1n) is 14.0. The molecule has 1 amide bonds. The maximum atomic E-state index is 13.9. The Balaban J connectivity index is 1.92. The van der Waals surface area contributed by atoms with Crippen molar-refractivity contribution in [1.82, 2.24) is 20.2 Å². The van der Waals surface area contributed by atoms with Gasteiger partial charge in [-0.3, -0.25) is 4.90 Å². The summed E-state index contributed by atoms with van der Waals surface area (Å²) in [5.41, 5.74) is 0.717. The third-order valence-electron chi connectivity index (χ3n) is 7.15. The molecule has 0 spiro atoms. The zero-order chi connectivity index (χ0) is 34.2. The lowest BCUT2D eigenvalue weighted by atomic mass is 9.89. The number of amides is 1. The van der Waals surface area contributed by atoms with Crippen molar-refractivity contribution in [2.24, 2.45) is 5.73 Å². The lowest BCUT2D eigenvalue weighted by molar-refractivity contribution is -0.143. The molecule has 3 aromatic rings. The second kappa shape index (κ2) is 13.0. The molecular formula is C28H30F9N7O2. The van der Waals surface area contributed by atoms with Crippen LogP contribution in [0.1, 0.15) is 67.5 Å². The number of nitrogens with zero attached hydrogens (tertiary/aromatic N) is 6. The van der Waals surface area contributed by atoms with Gasteiger partial charge in [-0.15, -0.1) is 5.10 Å². The van der Waals surface area contributed by atoms with E-state index in [4.69, 9.17) is 10.5 Å². The average Bonchev–Trinajstić information content (AvgIpc) is 3.40. The van der Waals surface area contributed by atoms with Crippen molar-refractivity contribution >= 4 is 17.7 Å². The highest BCUT2D eigenvalue weighted by Gasteiger charge is 2.42. The van der Waals surface area contributed by atoms with Gasteiger partial charge in [-0.05, 0) is 92.9 Å². The minimum absolute atomic E-state index is 0.00273. The summed E-state index contributed by atoms with van der Waals surface area (Å²) in [5, 5.41) is 12.0. The largest absolute Gasteiger partial charge is 0.446 e. The molecule has 0 radical (unpaired) electrons. The third-order valence-corrected chi connectivity index (χ3v) is 7.15. The Kier molecular flexibility index (Phi) is 9.80. The summed E-state index contributed by atoms with van der Waals surface area (Å²) in [6.07, 6.45) is -16.3. The predicted octanol–water partition coefficient (Wildman–Crippen LogP) is 6.97. The Labute approximate surface area is 257 Å². The average molecular weight is 668 g/mol. The number of aromatic nitrogens is 4. The number of hydrogen-bond acceptors (Lipinski definition) is 7. The fourth-order valence-corrected chi connectivity index (χ4v) is 5.15. The Hall–Kier alpha value is -4.09. The molecule has 252 valence electrons. The fourth-order valence-electron chi connectivity index (χ4n) is 5.15. The maximum absolute atomic E-state index is 13.9. The molecule has 9 nitrogen and oxygen atoms in total. The number of benzene rings is 2. The quantitative estimate of drug-likeness (QED) is 0.259. The van der Waals surface area contributed by atoms with Crippen molar-refractivity contribution < 1.29 is 49.0 Å². The molecule has 0 aliphatic carbocycles. The van der Waals surface area contributed by atoms with Crippen LogP contribution in [0.2, 0.25) is 0 Å². The molecule has 0 fully saturated rings. The van der Waals surface area contributed by atoms with Crippen LogP contribution in [-0.2, 0) is 36.4 Å². The number of carbonyl (C=O) groups excluding carboxylic acids is 1. The summed E-state index contributed by atoms with van der Waals surface area (Å²) in [6.45, 7) is 4.43. The van der Waals surface area contributed by atoms with Crippen LogP contribution in [0.3, 0.4) is 0 Å². The van der Waals surface area contributed by atoms with Crippen LogP contribution in [0.4, 0.5) is 55.9 Å². The van der Waals surface area contributed by atoms with Crippen molar-refractivity contribution in [3.05, 3.63) is 64.2 Å². The van der Waals surface area contributed by atoms with Gasteiger partial charge in [0.15, 0.2) is 0 Å². The van der Waals surface area contributed by atoms with E-state index >= 15 is 0 Å². The molecular weight excluding hydrogens is 637 g/mol. The summed E-state index contributed by atoms with van der Waals surface area (Å²) in [7, 11) is 0. The number of anilines is 2. The minimum Gasteiger partial charge on any atom is -0.446 e. The first-order chi connectivity index (χ1) is 21.3. The molecule has 2 atom stereocenters. The number of aryl methyl sites for hydroxylation is 1. The highest BCUT2D eigenvalue weighted by atomic mass is 19.4. The third kappa shape index (κ3) is 7.82. The highest BCUT2D eigenvalue weighted by molar-refractivity contribution is 5.90. The monoisotopic (exact) mass is 667 g/mol. The Morgan fingerprint density at radius 3 is 2.13 bits per heavy atom. The first-order valence-corrected chi connectivity index (χ1v) is 14.0. The van der Waals surface area contributed by atoms with Gasteiger partial charge in [0.1, 0.15) is 0 Å². The molecule has 0 unspecified atom stereocenters. The zero-order valence-electron chi connectivity index (χ0n) is 24.7. The number of alkyl halides is 9. The fraction of sp³-hybridized carbons (Fsp3) is 0.500. The van der Waals surface area contributed by atoms with Crippen LogP contribution in [0.5, 0.6) is 0 Å². The smallest absolute Gasteiger partial charge is 0.416 e. The van der Waals surface area contributed by atoms with E-state index < -0.39 is 71.6 Å².